The molecule has 0 saturated heterocycles. The third kappa shape index (κ3) is 2.01. The van der Waals surface area contributed by atoms with Crippen molar-refractivity contribution in [3.8, 4) is 11.3 Å². The second kappa shape index (κ2) is 3.91. The maximum Gasteiger partial charge on any atom is 0.220 e. The van der Waals surface area contributed by atoms with Crippen LogP contribution >= 0.6 is 0 Å². The average Bonchev–Trinajstić information content (AvgIpc) is 2.29. The molecule has 2 aromatic heterocycles. The van der Waals surface area contributed by atoms with Crippen LogP contribution in [0.4, 0.5) is 11.8 Å². The molecule has 15 heavy (non-hydrogen) atoms. The number of aromatic nitrogens is 3. The maximum atomic E-state index is 5.50. The van der Waals surface area contributed by atoms with Gasteiger partial charge in [-0.1, -0.05) is 0 Å². The second-order valence-electron chi connectivity index (χ2n) is 2.98. The molecule has 0 saturated carbocycles. The zero-order valence-corrected chi connectivity index (χ0v) is 8.31. The molecule has 2 heterocycles. The van der Waals surface area contributed by atoms with Crippen LogP contribution in [0.1, 0.15) is 0 Å². The first kappa shape index (κ1) is 9.39. The van der Waals surface area contributed by atoms with Crippen LogP contribution in [0.2, 0.25) is 0 Å². The largest absolute Gasteiger partial charge is 0.373 e. The van der Waals surface area contributed by atoms with Gasteiger partial charge in [0.1, 0.15) is 5.82 Å². The highest BCUT2D eigenvalue weighted by Crippen LogP contribution is 2.16. The van der Waals surface area contributed by atoms with E-state index in [1.165, 1.54) is 0 Å². The number of anilines is 2. The molecule has 2 aromatic rings. The molecule has 2 rings (SSSR count). The first-order chi connectivity index (χ1) is 7.29. The van der Waals surface area contributed by atoms with E-state index in [9.17, 15) is 0 Å². The van der Waals surface area contributed by atoms with Crippen molar-refractivity contribution in [1.82, 2.24) is 15.0 Å². The van der Waals surface area contributed by atoms with Crippen LogP contribution in [0.25, 0.3) is 11.3 Å². The molecule has 0 aliphatic carbocycles. The van der Waals surface area contributed by atoms with Crippen molar-refractivity contribution in [2.75, 3.05) is 18.1 Å². The summed E-state index contributed by atoms with van der Waals surface area (Å²) in [5, 5.41) is 2.95. The average molecular weight is 201 g/mol. The van der Waals surface area contributed by atoms with Gasteiger partial charge >= 0.3 is 0 Å². The highest BCUT2D eigenvalue weighted by Gasteiger charge is 2.00. The molecule has 0 amide bonds. The van der Waals surface area contributed by atoms with E-state index in [1.807, 2.05) is 19.2 Å². The summed E-state index contributed by atoms with van der Waals surface area (Å²) in [6.07, 6.45) is 3.37. The van der Waals surface area contributed by atoms with Gasteiger partial charge in [-0.3, -0.25) is 0 Å². The highest BCUT2D eigenvalue weighted by molar-refractivity contribution is 5.60. The fourth-order valence-electron chi connectivity index (χ4n) is 1.23. The maximum absolute atomic E-state index is 5.50. The summed E-state index contributed by atoms with van der Waals surface area (Å²) in [7, 11) is 1.82. The van der Waals surface area contributed by atoms with Crippen LogP contribution in [0.5, 0.6) is 0 Å². The van der Waals surface area contributed by atoms with Crippen LogP contribution in [0, 0.1) is 0 Å². The summed E-state index contributed by atoms with van der Waals surface area (Å²) >= 11 is 0. The zero-order valence-electron chi connectivity index (χ0n) is 8.31. The molecule has 0 fully saturated rings. The van der Waals surface area contributed by atoms with Crippen molar-refractivity contribution in [2.24, 2.45) is 0 Å². The van der Waals surface area contributed by atoms with Gasteiger partial charge in [0.05, 0.1) is 5.69 Å². The van der Waals surface area contributed by atoms with Crippen molar-refractivity contribution in [1.29, 1.82) is 0 Å². The molecule has 0 atom stereocenters. The minimum Gasteiger partial charge on any atom is -0.373 e. The Morgan fingerprint density at radius 2 is 2.07 bits per heavy atom. The van der Waals surface area contributed by atoms with E-state index in [0.29, 0.717) is 0 Å². The van der Waals surface area contributed by atoms with Crippen LogP contribution in [0.3, 0.4) is 0 Å². The zero-order chi connectivity index (χ0) is 10.7. The lowest BCUT2D eigenvalue weighted by Gasteiger charge is -2.02. The fraction of sp³-hybridized carbons (Fsp3) is 0.100. The Morgan fingerprint density at radius 1 is 1.20 bits per heavy atom. The van der Waals surface area contributed by atoms with Crippen molar-refractivity contribution < 1.29 is 0 Å². The SMILES string of the molecule is CNc1ccc(-c2ccnc(N)n2)cn1. The monoisotopic (exact) mass is 201 g/mol. The predicted octanol–water partition coefficient (Wildman–Crippen LogP) is 1.16. The van der Waals surface area contributed by atoms with Gasteiger partial charge in [0.2, 0.25) is 5.95 Å². The summed E-state index contributed by atoms with van der Waals surface area (Å²) in [5.74, 6) is 1.09. The molecule has 3 N–H and O–H groups in total. The molecule has 0 unspecified atom stereocenters. The van der Waals surface area contributed by atoms with Gasteiger partial charge in [-0.25, -0.2) is 15.0 Å². The van der Waals surface area contributed by atoms with Gasteiger partial charge in [0, 0.05) is 25.0 Å². The Kier molecular flexibility index (Phi) is 2.45. The molecule has 0 bridgehead atoms. The van der Waals surface area contributed by atoms with E-state index < -0.39 is 0 Å². The van der Waals surface area contributed by atoms with E-state index in [-0.39, 0.29) is 5.95 Å². The van der Waals surface area contributed by atoms with Crippen molar-refractivity contribution in [2.45, 2.75) is 0 Å². The minimum atomic E-state index is 0.269. The van der Waals surface area contributed by atoms with Crippen molar-refractivity contribution in [3.63, 3.8) is 0 Å². The Hall–Kier alpha value is -2.17. The fourth-order valence-corrected chi connectivity index (χ4v) is 1.23. The van der Waals surface area contributed by atoms with E-state index >= 15 is 0 Å². The lowest BCUT2D eigenvalue weighted by molar-refractivity contribution is 1.18. The van der Waals surface area contributed by atoms with Gasteiger partial charge in [-0.15, -0.1) is 0 Å². The molecule has 5 heteroatoms. The standard InChI is InChI=1S/C10H11N5/c1-12-9-3-2-7(6-14-9)8-4-5-13-10(11)15-8/h2-6H,1H3,(H,12,14)(H2,11,13,15). The third-order valence-electron chi connectivity index (χ3n) is 1.99. The van der Waals surface area contributed by atoms with Gasteiger partial charge in [0.15, 0.2) is 0 Å². The van der Waals surface area contributed by atoms with Crippen LogP contribution in [-0.2, 0) is 0 Å². The van der Waals surface area contributed by atoms with Crippen LogP contribution < -0.4 is 11.1 Å². The third-order valence-corrected chi connectivity index (χ3v) is 1.99. The Bertz CT molecular complexity index is 452. The number of nitrogens with zero attached hydrogens (tertiary/aromatic N) is 3. The Balaban J connectivity index is 2.37. The van der Waals surface area contributed by atoms with E-state index in [4.69, 9.17) is 5.73 Å². The molecule has 76 valence electrons. The van der Waals surface area contributed by atoms with Crippen LogP contribution in [-0.4, -0.2) is 22.0 Å². The summed E-state index contributed by atoms with van der Waals surface area (Å²) in [4.78, 5) is 12.1. The lowest BCUT2D eigenvalue weighted by atomic mass is 10.2. The molecule has 0 radical (unpaired) electrons. The van der Waals surface area contributed by atoms with Gasteiger partial charge in [-0.2, -0.15) is 0 Å². The number of pyridine rings is 1. The number of hydrogen-bond acceptors (Lipinski definition) is 5. The molecule has 0 aromatic carbocycles. The van der Waals surface area contributed by atoms with Crippen LogP contribution in [0.15, 0.2) is 30.6 Å². The van der Waals surface area contributed by atoms with Gasteiger partial charge in [0.25, 0.3) is 0 Å². The van der Waals surface area contributed by atoms with E-state index in [1.54, 1.807) is 18.5 Å². The molecular formula is C10H11N5. The number of rotatable bonds is 2. The normalized spacial score (nSPS) is 9.93. The quantitative estimate of drug-likeness (QED) is 0.762. The molecule has 0 aliphatic rings. The number of nitrogens with one attached hydrogen (secondary N) is 1. The highest BCUT2D eigenvalue weighted by atomic mass is 15.0. The summed E-state index contributed by atoms with van der Waals surface area (Å²) in [5.41, 5.74) is 7.19. The van der Waals surface area contributed by atoms with Gasteiger partial charge in [-0.05, 0) is 18.2 Å². The topological polar surface area (TPSA) is 76.7 Å². The number of nitrogens with two attached hydrogens (primary N) is 1. The summed E-state index contributed by atoms with van der Waals surface area (Å²) in [6, 6.07) is 5.61. The molecular weight excluding hydrogens is 190 g/mol. The number of nitrogen functional groups attached to an aromatic ring is 1. The van der Waals surface area contributed by atoms with E-state index in [2.05, 4.69) is 20.3 Å². The van der Waals surface area contributed by atoms with Crippen molar-refractivity contribution >= 4 is 11.8 Å². The Morgan fingerprint density at radius 3 is 2.67 bits per heavy atom. The Labute approximate surface area is 87.4 Å². The molecule has 0 spiro atoms. The minimum absolute atomic E-state index is 0.269. The summed E-state index contributed by atoms with van der Waals surface area (Å²) in [6.45, 7) is 0. The first-order valence-corrected chi connectivity index (χ1v) is 4.52. The number of hydrogen-bond donors (Lipinski definition) is 2. The second-order valence-corrected chi connectivity index (χ2v) is 2.98. The molecule has 0 aliphatic heterocycles. The predicted molar refractivity (Wildman–Crippen MR) is 59.2 cm³/mol. The molecule has 5 nitrogen and oxygen atoms in total. The lowest BCUT2D eigenvalue weighted by Crippen LogP contribution is -1.96. The van der Waals surface area contributed by atoms with Crippen molar-refractivity contribution in [3.05, 3.63) is 30.6 Å². The first-order valence-electron chi connectivity index (χ1n) is 4.52. The van der Waals surface area contributed by atoms with E-state index in [0.717, 1.165) is 17.1 Å². The van der Waals surface area contributed by atoms with Gasteiger partial charge < -0.3 is 11.1 Å². The smallest absolute Gasteiger partial charge is 0.220 e. The summed E-state index contributed by atoms with van der Waals surface area (Å²) < 4.78 is 0.